The minimum Gasteiger partial charge on any atom is -0.508 e. The Morgan fingerprint density at radius 2 is 2.17 bits per heavy atom. The molecule has 0 aliphatic carbocycles. The maximum absolute atomic E-state index is 11.7. The molecule has 2 N–H and O–H groups in total. The summed E-state index contributed by atoms with van der Waals surface area (Å²) in [5.74, 6) is 0.136. The van der Waals surface area contributed by atoms with E-state index < -0.39 is 0 Å². The maximum atomic E-state index is 11.7. The Morgan fingerprint density at radius 1 is 1.39 bits per heavy atom. The summed E-state index contributed by atoms with van der Waals surface area (Å²) in [5, 5.41) is 12.1. The molecule has 0 aromatic heterocycles. The van der Waals surface area contributed by atoms with E-state index in [2.05, 4.69) is 17.1 Å². The van der Waals surface area contributed by atoms with Crippen LogP contribution in [0.4, 0.5) is 5.69 Å². The molecular formula is C14H22N2O2. The van der Waals surface area contributed by atoms with Crippen LogP contribution in [0, 0.1) is 0 Å². The van der Waals surface area contributed by atoms with E-state index in [4.69, 9.17) is 0 Å². The van der Waals surface area contributed by atoms with Crippen LogP contribution in [0.5, 0.6) is 5.75 Å². The summed E-state index contributed by atoms with van der Waals surface area (Å²) in [6, 6.07) is 6.59. The summed E-state index contributed by atoms with van der Waals surface area (Å²) in [7, 11) is 2.03. The van der Waals surface area contributed by atoms with Gasteiger partial charge in [0.2, 0.25) is 5.91 Å². The van der Waals surface area contributed by atoms with Gasteiger partial charge in [-0.25, -0.2) is 0 Å². The number of anilines is 1. The van der Waals surface area contributed by atoms with Gasteiger partial charge < -0.3 is 15.3 Å². The number of phenols is 1. The van der Waals surface area contributed by atoms with Gasteiger partial charge >= 0.3 is 0 Å². The fourth-order valence-electron chi connectivity index (χ4n) is 1.64. The zero-order valence-electron chi connectivity index (χ0n) is 11.1. The molecule has 0 heterocycles. The van der Waals surface area contributed by atoms with Crippen molar-refractivity contribution in [1.82, 2.24) is 4.90 Å². The molecule has 0 radical (unpaired) electrons. The molecule has 4 nitrogen and oxygen atoms in total. The van der Waals surface area contributed by atoms with E-state index in [0.717, 1.165) is 19.5 Å². The van der Waals surface area contributed by atoms with E-state index >= 15 is 0 Å². The Hall–Kier alpha value is -1.55. The minimum atomic E-state index is -0.0241. The lowest BCUT2D eigenvalue weighted by Crippen LogP contribution is -2.25. The molecule has 0 atom stereocenters. The fourth-order valence-corrected chi connectivity index (χ4v) is 1.64. The van der Waals surface area contributed by atoms with Crippen molar-refractivity contribution in [2.45, 2.75) is 26.2 Å². The lowest BCUT2D eigenvalue weighted by Gasteiger charge is -2.15. The molecule has 100 valence electrons. The molecule has 1 aromatic rings. The van der Waals surface area contributed by atoms with Crippen molar-refractivity contribution in [3.05, 3.63) is 24.3 Å². The van der Waals surface area contributed by atoms with Gasteiger partial charge in [0, 0.05) is 24.7 Å². The van der Waals surface area contributed by atoms with Crippen molar-refractivity contribution in [3.63, 3.8) is 0 Å². The number of nitrogens with one attached hydrogen (secondary N) is 1. The predicted octanol–water partition coefficient (Wildman–Crippen LogP) is 2.45. The molecule has 1 rings (SSSR count). The number of rotatable bonds is 7. The highest BCUT2D eigenvalue weighted by molar-refractivity contribution is 5.90. The second-order valence-corrected chi connectivity index (χ2v) is 4.51. The van der Waals surface area contributed by atoms with Crippen molar-refractivity contribution in [2.24, 2.45) is 0 Å². The van der Waals surface area contributed by atoms with E-state index in [1.807, 2.05) is 7.05 Å². The Bertz CT molecular complexity index is 380. The van der Waals surface area contributed by atoms with Gasteiger partial charge in [0.25, 0.3) is 0 Å². The molecule has 4 heteroatoms. The maximum Gasteiger partial charge on any atom is 0.225 e. The molecule has 0 spiro atoms. The highest BCUT2D eigenvalue weighted by Gasteiger charge is 2.05. The highest BCUT2D eigenvalue weighted by Crippen LogP contribution is 2.15. The molecule has 0 aliphatic rings. The van der Waals surface area contributed by atoms with E-state index in [1.54, 1.807) is 24.3 Å². The Morgan fingerprint density at radius 3 is 2.83 bits per heavy atom. The first-order valence-electron chi connectivity index (χ1n) is 6.39. The zero-order chi connectivity index (χ0) is 13.4. The third-order valence-electron chi connectivity index (χ3n) is 2.74. The first-order valence-corrected chi connectivity index (χ1v) is 6.39. The molecule has 0 unspecified atom stereocenters. The third kappa shape index (κ3) is 5.68. The quantitative estimate of drug-likeness (QED) is 0.781. The summed E-state index contributed by atoms with van der Waals surface area (Å²) >= 11 is 0. The summed E-state index contributed by atoms with van der Waals surface area (Å²) in [5.41, 5.74) is 0.635. The summed E-state index contributed by atoms with van der Waals surface area (Å²) in [6.07, 6.45) is 2.79. The van der Waals surface area contributed by atoms with Gasteiger partial charge in [0.1, 0.15) is 5.75 Å². The summed E-state index contributed by atoms with van der Waals surface area (Å²) < 4.78 is 0. The Balaban J connectivity index is 2.29. The number of aromatic hydroxyl groups is 1. The lowest BCUT2D eigenvalue weighted by atomic mass is 10.2. The second kappa shape index (κ2) is 7.71. The van der Waals surface area contributed by atoms with Gasteiger partial charge in [-0.1, -0.05) is 19.4 Å². The summed E-state index contributed by atoms with van der Waals surface area (Å²) in [4.78, 5) is 13.8. The molecule has 0 fully saturated rings. The first kappa shape index (κ1) is 14.5. The van der Waals surface area contributed by atoms with E-state index in [0.29, 0.717) is 12.1 Å². The average molecular weight is 250 g/mol. The van der Waals surface area contributed by atoms with Crippen LogP contribution in [0.2, 0.25) is 0 Å². The van der Waals surface area contributed by atoms with E-state index in [9.17, 15) is 9.90 Å². The number of nitrogens with zero attached hydrogens (tertiary/aromatic N) is 1. The Kier molecular flexibility index (Phi) is 6.22. The van der Waals surface area contributed by atoms with Crippen LogP contribution in [0.3, 0.4) is 0 Å². The van der Waals surface area contributed by atoms with Crippen LogP contribution >= 0.6 is 0 Å². The van der Waals surface area contributed by atoms with Crippen molar-refractivity contribution in [1.29, 1.82) is 0 Å². The minimum absolute atomic E-state index is 0.0241. The molecule has 0 aliphatic heterocycles. The smallest absolute Gasteiger partial charge is 0.225 e. The number of amides is 1. The van der Waals surface area contributed by atoms with Crippen LogP contribution in [0.1, 0.15) is 26.2 Å². The van der Waals surface area contributed by atoms with Crippen LogP contribution in [0.15, 0.2) is 24.3 Å². The van der Waals surface area contributed by atoms with Crippen LogP contribution in [-0.2, 0) is 4.79 Å². The molecule has 0 saturated carbocycles. The lowest BCUT2D eigenvalue weighted by molar-refractivity contribution is -0.116. The largest absolute Gasteiger partial charge is 0.508 e. The van der Waals surface area contributed by atoms with Gasteiger partial charge in [-0.05, 0) is 32.1 Å². The standard InChI is InChI=1S/C14H22N2O2/c1-3-4-9-16(2)10-8-14(18)15-12-6-5-7-13(17)11-12/h5-7,11,17H,3-4,8-10H2,1-2H3,(H,15,18). The predicted molar refractivity (Wildman–Crippen MR) is 73.8 cm³/mol. The topological polar surface area (TPSA) is 52.6 Å². The highest BCUT2D eigenvalue weighted by atomic mass is 16.3. The van der Waals surface area contributed by atoms with E-state index in [1.165, 1.54) is 6.42 Å². The number of unbranched alkanes of at least 4 members (excludes halogenated alkanes) is 1. The number of carbonyl (C=O) groups excluding carboxylic acids is 1. The van der Waals surface area contributed by atoms with Crippen molar-refractivity contribution >= 4 is 11.6 Å². The summed E-state index contributed by atoms with van der Waals surface area (Å²) in [6.45, 7) is 3.93. The van der Waals surface area contributed by atoms with Crippen molar-refractivity contribution in [3.8, 4) is 5.75 Å². The molecule has 1 aromatic carbocycles. The van der Waals surface area contributed by atoms with Gasteiger partial charge in [0.05, 0.1) is 0 Å². The fraction of sp³-hybridized carbons (Fsp3) is 0.500. The third-order valence-corrected chi connectivity index (χ3v) is 2.74. The number of hydrogen-bond donors (Lipinski definition) is 2. The molecule has 0 bridgehead atoms. The number of carbonyl (C=O) groups is 1. The molecule has 18 heavy (non-hydrogen) atoms. The van der Waals surface area contributed by atoms with E-state index in [-0.39, 0.29) is 11.7 Å². The second-order valence-electron chi connectivity index (χ2n) is 4.51. The Labute approximate surface area is 109 Å². The van der Waals surface area contributed by atoms with Gasteiger partial charge in [-0.2, -0.15) is 0 Å². The monoisotopic (exact) mass is 250 g/mol. The van der Waals surface area contributed by atoms with Crippen LogP contribution < -0.4 is 5.32 Å². The molecule has 1 amide bonds. The van der Waals surface area contributed by atoms with Gasteiger partial charge in [-0.15, -0.1) is 0 Å². The van der Waals surface area contributed by atoms with Gasteiger partial charge in [0.15, 0.2) is 0 Å². The number of hydrogen-bond acceptors (Lipinski definition) is 3. The molecular weight excluding hydrogens is 228 g/mol. The van der Waals surface area contributed by atoms with Crippen molar-refractivity contribution < 1.29 is 9.90 Å². The van der Waals surface area contributed by atoms with Crippen LogP contribution in [0.25, 0.3) is 0 Å². The average Bonchev–Trinajstić information content (AvgIpc) is 2.34. The van der Waals surface area contributed by atoms with Gasteiger partial charge in [-0.3, -0.25) is 4.79 Å². The molecule has 0 saturated heterocycles. The first-order chi connectivity index (χ1) is 8.61. The van der Waals surface area contributed by atoms with Crippen LogP contribution in [-0.4, -0.2) is 36.1 Å². The van der Waals surface area contributed by atoms with Crippen molar-refractivity contribution in [2.75, 3.05) is 25.5 Å². The normalized spacial score (nSPS) is 10.6. The number of phenolic OH excluding ortho intramolecular Hbond substituents is 1. The SMILES string of the molecule is CCCCN(C)CCC(=O)Nc1cccc(O)c1. The zero-order valence-corrected chi connectivity index (χ0v) is 11.1. The number of benzene rings is 1.